The number of rotatable bonds is 6. The maximum absolute atomic E-state index is 13.3. The molecule has 0 spiro atoms. The number of benzene rings is 3. The van der Waals surface area contributed by atoms with Crippen LogP contribution < -0.4 is 14.4 Å². The Morgan fingerprint density at radius 1 is 1.06 bits per heavy atom. The van der Waals surface area contributed by atoms with Crippen LogP contribution in [0.5, 0.6) is 5.75 Å². The summed E-state index contributed by atoms with van der Waals surface area (Å²) in [5, 5.41) is 2.83. The fraction of sp³-hybridized carbons (Fsp3) is 0.208. The molecule has 0 saturated carbocycles. The number of hydrogen-bond acceptors (Lipinski definition) is 4. The summed E-state index contributed by atoms with van der Waals surface area (Å²) in [6.45, 7) is 1.62. The van der Waals surface area contributed by atoms with Gasteiger partial charge in [0.2, 0.25) is 10.0 Å². The second kappa shape index (κ2) is 9.00. The molecule has 1 aliphatic heterocycles. The lowest BCUT2D eigenvalue weighted by Crippen LogP contribution is -2.51. The van der Waals surface area contributed by atoms with Crippen molar-refractivity contribution in [2.45, 2.75) is 24.8 Å². The summed E-state index contributed by atoms with van der Waals surface area (Å²) < 4.78 is 46.8. The molecule has 3 aromatic carbocycles. The summed E-state index contributed by atoms with van der Waals surface area (Å²) in [5.41, 5.74) is 1.78. The molecule has 6 nitrogen and oxygen atoms in total. The van der Waals surface area contributed by atoms with Gasteiger partial charge in [0.05, 0.1) is 24.0 Å². The smallest absolute Gasteiger partial charge is 0.263 e. The number of halogens is 1. The average Bonchev–Trinajstić information content (AvgIpc) is 2.79. The highest BCUT2D eigenvalue weighted by atomic mass is 32.2. The van der Waals surface area contributed by atoms with Crippen molar-refractivity contribution in [3.05, 3.63) is 95.8 Å². The highest BCUT2D eigenvalue weighted by Gasteiger charge is 2.37. The molecular weight excluding hydrogens is 431 g/mol. The van der Waals surface area contributed by atoms with Crippen LogP contribution >= 0.6 is 0 Å². The second-order valence-electron chi connectivity index (χ2n) is 7.63. The van der Waals surface area contributed by atoms with E-state index in [1.807, 2.05) is 6.07 Å². The number of nitrogens with one attached hydrogen (secondary N) is 1. The maximum atomic E-state index is 13.3. The van der Waals surface area contributed by atoms with Crippen LogP contribution in [0.4, 0.5) is 10.1 Å². The van der Waals surface area contributed by atoms with Gasteiger partial charge in [0.25, 0.3) is 5.91 Å². The van der Waals surface area contributed by atoms with Crippen molar-refractivity contribution in [3.63, 3.8) is 0 Å². The van der Waals surface area contributed by atoms with E-state index < -0.39 is 28.1 Å². The molecule has 4 rings (SSSR count). The number of amides is 1. The van der Waals surface area contributed by atoms with E-state index in [1.165, 1.54) is 16.4 Å². The normalized spacial score (nSPS) is 16.6. The Kier molecular flexibility index (Phi) is 6.14. The van der Waals surface area contributed by atoms with E-state index in [4.69, 9.17) is 4.74 Å². The van der Waals surface area contributed by atoms with Crippen LogP contribution in [0.3, 0.4) is 0 Å². The van der Waals surface area contributed by atoms with Crippen LogP contribution in [0.1, 0.15) is 24.1 Å². The highest BCUT2D eigenvalue weighted by molar-refractivity contribution is 7.92. The Morgan fingerprint density at radius 2 is 1.72 bits per heavy atom. The standard InChI is InChI=1S/C24H23FN2O4S/c1-17(19-11-13-20(25)14-12-19)26-24(28)23-15-27(21-9-5-6-10-22(21)31-23)32(29,30)16-18-7-3-2-4-8-18/h2-14,17,23H,15-16H2,1H3,(H,26,28). The van der Waals surface area contributed by atoms with Crippen molar-refractivity contribution in [1.82, 2.24) is 5.32 Å². The van der Waals surface area contributed by atoms with Gasteiger partial charge in [-0.15, -0.1) is 0 Å². The average molecular weight is 455 g/mol. The van der Waals surface area contributed by atoms with Gasteiger partial charge in [0.15, 0.2) is 6.10 Å². The van der Waals surface area contributed by atoms with Crippen molar-refractivity contribution in [3.8, 4) is 5.75 Å². The van der Waals surface area contributed by atoms with Gasteiger partial charge >= 0.3 is 0 Å². The third-order valence-corrected chi connectivity index (χ3v) is 7.00. The van der Waals surface area contributed by atoms with Crippen LogP contribution in [0.25, 0.3) is 0 Å². The number of nitrogens with zero attached hydrogens (tertiary/aromatic N) is 1. The van der Waals surface area contributed by atoms with Crippen LogP contribution in [-0.4, -0.2) is 27.0 Å². The molecular formula is C24H23FN2O4S. The molecule has 2 atom stereocenters. The van der Waals surface area contributed by atoms with E-state index in [1.54, 1.807) is 67.6 Å². The van der Waals surface area contributed by atoms with E-state index in [2.05, 4.69) is 5.32 Å². The van der Waals surface area contributed by atoms with Gasteiger partial charge in [-0.1, -0.05) is 54.6 Å². The monoisotopic (exact) mass is 454 g/mol. The molecule has 8 heteroatoms. The van der Waals surface area contributed by atoms with Crippen LogP contribution in [0.2, 0.25) is 0 Å². The van der Waals surface area contributed by atoms with Crippen molar-refractivity contribution in [2.24, 2.45) is 0 Å². The third-order valence-electron chi connectivity index (χ3n) is 5.28. The first-order valence-corrected chi connectivity index (χ1v) is 11.8. The van der Waals surface area contributed by atoms with Gasteiger partial charge in [-0.2, -0.15) is 0 Å². The van der Waals surface area contributed by atoms with Gasteiger partial charge in [-0.3, -0.25) is 9.10 Å². The molecule has 3 aromatic rings. The van der Waals surface area contributed by atoms with E-state index in [0.29, 0.717) is 17.0 Å². The van der Waals surface area contributed by atoms with Gasteiger partial charge in [-0.05, 0) is 42.3 Å². The predicted molar refractivity (Wildman–Crippen MR) is 120 cm³/mol. The first-order chi connectivity index (χ1) is 15.3. The largest absolute Gasteiger partial charge is 0.476 e. The topological polar surface area (TPSA) is 75.7 Å². The molecule has 1 amide bonds. The van der Waals surface area contributed by atoms with Crippen molar-refractivity contribution < 1.29 is 22.3 Å². The van der Waals surface area contributed by atoms with Crippen molar-refractivity contribution in [1.29, 1.82) is 0 Å². The number of hydrogen-bond donors (Lipinski definition) is 1. The summed E-state index contributed by atoms with van der Waals surface area (Å²) in [5.74, 6) is -0.678. The Labute approximate surface area is 186 Å². The Bertz CT molecular complexity index is 1200. The number of carbonyl (C=O) groups is 1. The molecule has 0 bridgehead atoms. The Morgan fingerprint density at radius 3 is 2.44 bits per heavy atom. The number of anilines is 1. The molecule has 1 heterocycles. The quantitative estimate of drug-likeness (QED) is 0.615. The van der Waals surface area contributed by atoms with E-state index >= 15 is 0 Å². The minimum atomic E-state index is -3.77. The molecule has 1 N–H and O–H groups in total. The SMILES string of the molecule is CC(NC(=O)C1CN(S(=O)(=O)Cc2ccccc2)c2ccccc2O1)c1ccc(F)cc1. The number of para-hydroxylation sites is 2. The molecule has 0 saturated heterocycles. The first-order valence-electron chi connectivity index (χ1n) is 10.2. The predicted octanol–water partition coefficient (Wildman–Crippen LogP) is 3.80. The maximum Gasteiger partial charge on any atom is 0.263 e. The first kappa shape index (κ1) is 21.8. The summed E-state index contributed by atoms with van der Waals surface area (Å²) in [6.07, 6.45) is -1.03. The Hall–Kier alpha value is -3.39. The summed E-state index contributed by atoms with van der Waals surface area (Å²) in [6, 6.07) is 21.1. The highest BCUT2D eigenvalue weighted by Crippen LogP contribution is 2.36. The molecule has 166 valence electrons. The fourth-order valence-corrected chi connectivity index (χ4v) is 5.19. The second-order valence-corrected chi connectivity index (χ2v) is 9.52. The molecule has 32 heavy (non-hydrogen) atoms. The van der Waals surface area contributed by atoms with Gasteiger partial charge in [0.1, 0.15) is 11.6 Å². The lowest BCUT2D eigenvalue weighted by Gasteiger charge is -2.35. The van der Waals surface area contributed by atoms with Crippen LogP contribution in [-0.2, 0) is 20.6 Å². The minimum Gasteiger partial charge on any atom is -0.476 e. The number of carbonyl (C=O) groups excluding carboxylic acids is 1. The third kappa shape index (κ3) is 4.75. The lowest BCUT2D eigenvalue weighted by atomic mass is 10.1. The van der Waals surface area contributed by atoms with Gasteiger partial charge in [-0.25, -0.2) is 12.8 Å². The summed E-state index contributed by atoms with van der Waals surface area (Å²) in [7, 11) is -3.77. The van der Waals surface area contributed by atoms with E-state index in [0.717, 1.165) is 5.56 Å². The van der Waals surface area contributed by atoms with E-state index in [9.17, 15) is 17.6 Å². The molecule has 0 fully saturated rings. The molecule has 0 radical (unpaired) electrons. The number of sulfonamides is 1. The molecule has 1 aliphatic rings. The summed E-state index contributed by atoms with van der Waals surface area (Å²) >= 11 is 0. The molecule has 2 unspecified atom stereocenters. The minimum absolute atomic E-state index is 0.145. The zero-order valence-electron chi connectivity index (χ0n) is 17.4. The molecule has 0 aromatic heterocycles. The van der Waals surface area contributed by atoms with Crippen molar-refractivity contribution >= 4 is 21.6 Å². The summed E-state index contributed by atoms with van der Waals surface area (Å²) in [4.78, 5) is 13.0. The van der Waals surface area contributed by atoms with Gasteiger partial charge < -0.3 is 10.1 Å². The zero-order valence-corrected chi connectivity index (χ0v) is 18.3. The lowest BCUT2D eigenvalue weighted by molar-refractivity contribution is -0.128. The number of fused-ring (bicyclic) bond motifs is 1. The van der Waals surface area contributed by atoms with Crippen LogP contribution in [0.15, 0.2) is 78.9 Å². The zero-order chi connectivity index (χ0) is 22.7. The number of ether oxygens (including phenoxy) is 1. The van der Waals surface area contributed by atoms with Gasteiger partial charge in [0, 0.05) is 0 Å². The molecule has 0 aliphatic carbocycles. The van der Waals surface area contributed by atoms with Crippen molar-refractivity contribution in [2.75, 3.05) is 10.8 Å². The Balaban J connectivity index is 1.56. The van der Waals surface area contributed by atoms with Crippen LogP contribution in [0, 0.1) is 5.82 Å². The fourth-order valence-electron chi connectivity index (χ4n) is 3.61. The van der Waals surface area contributed by atoms with E-state index in [-0.39, 0.29) is 18.1 Å².